The lowest BCUT2D eigenvalue weighted by molar-refractivity contribution is -0.128. The molecule has 0 aromatic heterocycles. The van der Waals surface area contributed by atoms with E-state index in [-0.39, 0.29) is 17.9 Å². The third-order valence-electron chi connectivity index (χ3n) is 9.21. The van der Waals surface area contributed by atoms with E-state index in [0.717, 1.165) is 81.0 Å². The number of benzene rings is 3. The van der Waals surface area contributed by atoms with Crippen molar-refractivity contribution in [2.45, 2.75) is 63.6 Å². The standard InChI is InChI=1S/C36H41ClN4O2/c37-31-13-11-26(12-14-31)22-32(39-36(43)34-23-28-6-1-2-7-29(28)24-38-34)17-21-40-19-15-27(16-20-40)33-9-4-3-8-30(33)25-41-18-5-10-35(41)42/h1-4,6-9,11-14,23,27,32,38H,5,10,15-22,24-25H2,(H,39,43)/t32-/m1/s1. The van der Waals surface area contributed by atoms with Gasteiger partial charge in [0, 0.05) is 43.7 Å². The molecule has 2 fully saturated rings. The van der Waals surface area contributed by atoms with E-state index in [0.29, 0.717) is 24.6 Å². The van der Waals surface area contributed by atoms with Crippen molar-refractivity contribution in [1.82, 2.24) is 20.4 Å². The molecule has 0 bridgehead atoms. The Balaban J connectivity index is 1.07. The Labute approximate surface area is 260 Å². The van der Waals surface area contributed by atoms with E-state index in [2.05, 4.69) is 64.1 Å². The van der Waals surface area contributed by atoms with Crippen LogP contribution in [0.15, 0.2) is 78.5 Å². The summed E-state index contributed by atoms with van der Waals surface area (Å²) in [6.07, 6.45) is 7.45. The third kappa shape index (κ3) is 7.49. The highest BCUT2D eigenvalue weighted by atomic mass is 35.5. The fourth-order valence-corrected chi connectivity index (χ4v) is 6.86. The van der Waals surface area contributed by atoms with E-state index >= 15 is 0 Å². The number of amides is 2. The van der Waals surface area contributed by atoms with Crippen LogP contribution in [-0.2, 0) is 29.1 Å². The zero-order valence-electron chi connectivity index (χ0n) is 24.7. The topological polar surface area (TPSA) is 64.7 Å². The van der Waals surface area contributed by atoms with E-state index < -0.39 is 0 Å². The smallest absolute Gasteiger partial charge is 0.267 e. The Hall–Kier alpha value is -3.61. The van der Waals surface area contributed by atoms with E-state index in [9.17, 15) is 9.59 Å². The Morgan fingerprint density at radius 2 is 1.74 bits per heavy atom. The summed E-state index contributed by atoms with van der Waals surface area (Å²) in [5.41, 5.74) is 6.79. The van der Waals surface area contributed by atoms with E-state index in [4.69, 9.17) is 11.6 Å². The van der Waals surface area contributed by atoms with Crippen LogP contribution in [0.4, 0.5) is 0 Å². The number of nitrogens with one attached hydrogen (secondary N) is 2. The van der Waals surface area contributed by atoms with Gasteiger partial charge in [-0.2, -0.15) is 0 Å². The molecule has 1 atom stereocenters. The number of carbonyl (C=O) groups excluding carboxylic acids is 2. The molecule has 0 spiro atoms. The molecule has 3 aliphatic rings. The van der Waals surface area contributed by atoms with Crippen molar-refractivity contribution < 1.29 is 9.59 Å². The van der Waals surface area contributed by atoms with Crippen molar-refractivity contribution in [3.05, 3.63) is 111 Å². The Morgan fingerprint density at radius 1 is 0.977 bits per heavy atom. The van der Waals surface area contributed by atoms with Crippen molar-refractivity contribution >= 4 is 29.5 Å². The minimum absolute atomic E-state index is 0.00462. The summed E-state index contributed by atoms with van der Waals surface area (Å²) < 4.78 is 0. The zero-order chi connectivity index (χ0) is 29.6. The van der Waals surface area contributed by atoms with Gasteiger partial charge in [0.05, 0.1) is 0 Å². The van der Waals surface area contributed by atoms with Gasteiger partial charge >= 0.3 is 0 Å². The maximum Gasteiger partial charge on any atom is 0.267 e. The number of likely N-dealkylation sites (tertiary alicyclic amines) is 2. The molecule has 3 heterocycles. The molecule has 224 valence electrons. The van der Waals surface area contributed by atoms with Crippen molar-refractivity contribution in [3.63, 3.8) is 0 Å². The summed E-state index contributed by atoms with van der Waals surface area (Å²) in [6.45, 7) is 5.27. The van der Waals surface area contributed by atoms with Crippen LogP contribution in [0.3, 0.4) is 0 Å². The van der Waals surface area contributed by atoms with Gasteiger partial charge in [0.2, 0.25) is 5.91 Å². The maximum absolute atomic E-state index is 13.4. The number of rotatable bonds is 10. The Morgan fingerprint density at radius 3 is 2.53 bits per heavy atom. The number of carbonyl (C=O) groups is 2. The van der Waals surface area contributed by atoms with E-state index in [1.165, 1.54) is 16.7 Å². The largest absolute Gasteiger partial charge is 0.376 e. The first-order valence-electron chi connectivity index (χ1n) is 15.7. The van der Waals surface area contributed by atoms with Gasteiger partial charge in [-0.15, -0.1) is 0 Å². The fraction of sp³-hybridized carbons (Fsp3) is 0.389. The van der Waals surface area contributed by atoms with Crippen LogP contribution in [0.2, 0.25) is 5.02 Å². The van der Waals surface area contributed by atoms with Crippen LogP contribution in [-0.4, -0.2) is 53.8 Å². The molecule has 2 N–H and O–H groups in total. The molecule has 2 amide bonds. The second kappa shape index (κ2) is 13.8. The second-order valence-electron chi connectivity index (χ2n) is 12.1. The fourth-order valence-electron chi connectivity index (χ4n) is 6.73. The van der Waals surface area contributed by atoms with E-state index in [1.807, 2.05) is 35.2 Å². The molecule has 3 aliphatic heterocycles. The lowest BCUT2D eigenvalue weighted by Crippen LogP contribution is -2.43. The molecule has 6 rings (SSSR count). The quantitative estimate of drug-likeness (QED) is 0.306. The van der Waals surface area contributed by atoms with Crippen LogP contribution in [0, 0.1) is 0 Å². The third-order valence-corrected chi connectivity index (χ3v) is 9.46. The molecule has 3 aromatic rings. The van der Waals surface area contributed by atoms with Gasteiger partial charge in [0.15, 0.2) is 0 Å². The van der Waals surface area contributed by atoms with Gasteiger partial charge < -0.3 is 20.4 Å². The molecule has 3 aromatic carbocycles. The highest BCUT2D eigenvalue weighted by molar-refractivity contribution is 6.30. The van der Waals surface area contributed by atoms with Crippen LogP contribution < -0.4 is 10.6 Å². The van der Waals surface area contributed by atoms with Gasteiger partial charge in [-0.05, 0) is 97.1 Å². The maximum atomic E-state index is 13.4. The number of halogens is 1. The van der Waals surface area contributed by atoms with Crippen LogP contribution in [0.5, 0.6) is 0 Å². The van der Waals surface area contributed by atoms with Crippen LogP contribution >= 0.6 is 11.6 Å². The number of nitrogens with zero attached hydrogens (tertiary/aromatic N) is 2. The minimum atomic E-state index is -0.0553. The first kappa shape index (κ1) is 29.5. The Kier molecular flexibility index (Phi) is 9.45. The van der Waals surface area contributed by atoms with Gasteiger partial charge in [-0.1, -0.05) is 72.3 Å². The molecule has 7 heteroatoms. The number of fused-ring (bicyclic) bond motifs is 1. The predicted molar refractivity (Wildman–Crippen MR) is 172 cm³/mol. The van der Waals surface area contributed by atoms with Crippen LogP contribution in [0.25, 0.3) is 6.08 Å². The molecular weight excluding hydrogens is 556 g/mol. The van der Waals surface area contributed by atoms with Gasteiger partial charge in [0.1, 0.15) is 5.70 Å². The number of hydrogen-bond acceptors (Lipinski definition) is 4. The normalized spacial score (nSPS) is 18.1. The molecule has 2 saturated heterocycles. The van der Waals surface area contributed by atoms with Crippen molar-refractivity contribution in [2.75, 3.05) is 26.2 Å². The second-order valence-corrected chi connectivity index (χ2v) is 12.6. The SMILES string of the molecule is O=C(N[C@H](CCN1CCC(c2ccccc2CN2CCCC2=O)CC1)Cc1ccc(Cl)cc1)C1=Cc2ccccc2CN1. The molecule has 6 nitrogen and oxygen atoms in total. The number of hydrogen-bond donors (Lipinski definition) is 2. The summed E-state index contributed by atoms with van der Waals surface area (Å²) >= 11 is 6.14. The van der Waals surface area contributed by atoms with Crippen LogP contribution in [0.1, 0.15) is 65.8 Å². The van der Waals surface area contributed by atoms with Crippen molar-refractivity contribution in [2.24, 2.45) is 0 Å². The summed E-state index contributed by atoms with van der Waals surface area (Å²) in [4.78, 5) is 30.2. The average Bonchev–Trinajstić information content (AvgIpc) is 3.45. The molecule has 0 unspecified atom stereocenters. The predicted octanol–water partition coefficient (Wildman–Crippen LogP) is 5.90. The molecule has 0 radical (unpaired) electrons. The molecule has 43 heavy (non-hydrogen) atoms. The first-order valence-corrected chi connectivity index (χ1v) is 16.1. The molecule has 0 saturated carbocycles. The summed E-state index contributed by atoms with van der Waals surface area (Å²) in [6, 6.07) is 24.8. The first-order chi connectivity index (χ1) is 21.0. The van der Waals surface area contributed by atoms with Gasteiger partial charge in [-0.25, -0.2) is 0 Å². The Bertz CT molecular complexity index is 1460. The lowest BCUT2D eigenvalue weighted by atomic mass is 9.86. The lowest BCUT2D eigenvalue weighted by Gasteiger charge is -2.34. The highest BCUT2D eigenvalue weighted by Crippen LogP contribution is 2.32. The van der Waals surface area contributed by atoms with Gasteiger partial charge in [-0.3, -0.25) is 9.59 Å². The molecular formula is C36H41ClN4O2. The monoisotopic (exact) mass is 596 g/mol. The van der Waals surface area contributed by atoms with E-state index in [1.54, 1.807) is 0 Å². The van der Waals surface area contributed by atoms with Crippen molar-refractivity contribution in [1.29, 1.82) is 0 Å². The van der Waals surface area contributed by atoms with Crippen molar-refractivity contribution in [3.8, 4) is 0 Å². The minimum Gasteiger partial charge on any atom is -0.376 e. The van der Waals surface area contributed by atoms with Gasteiger partial charge in [0.25, 0.3) is 5.91 Å². The molecule has 0 aliphatic carbocycles. The average molecular weight is 597 g/mol. The summed E-state index contributed by atoms with van der Waals surface area (Å²) in [5.74, 6) is 0.743. The zero-order valence-corrected chi connectivity index (χ0v) is 25.5. The number of piperidine rings is 1. The summed E-state index contributed by atoms with van der Waals surface area (Å²) in [5, 5.41) is 7.36. The summed E-state index contributed by atoms with van der Waals surface area (Å²) in [7, 11) is 0. The highest BCUT2D eigenvalue weighted by Gasteiger charge is 2.26.